The standard InChI is InChI=1S/C23H26N4O2/c1-15(2)22(29)19-11-24-23-21(19)26-20(12-25-23)18-5-3-4-17(10-18)13-27-8-6-16(14-28)7-9-27/h3-5,10-12,16,28H,1,6-9,13-14H2,2H3,(H,24,25). The molecule has 150 valence electrons. The number of aromatic amines is 1. The van der Waals surface area contributed by atoms with Crippen molar-refractivity contribution in [3.05, 3.63) is 59.9 Å². The van der Waals surface area contributed by atoms with Crippen LogP contribution in [0.15, 0.2) is 48.8 Å². The first-order chi connectivity index (χ1) is 14.0. The minimum Gasteiger partial charge on any atom is -0.396 e. The molecule has 3 heterocycles. The monoisotopic (exact) mass is 390 g/mol. The van der Waals surface area contributed by atoms with Crippen LogP contribution in [0, 0.1) is 5.92 Å². The zero-order valence-corrected chi connectivity index (χ0v) is 16.7. The summed E-state index contributed by atoms with van der Waals surface area (Å²) in [6, 6.07) is 8.32. The third kappa shape index (κ3) is 4.13. The Bertz CT molecular complexity index is 1050. The lowest BCUT2D eigenvalue weighted by Gasteiger charge is -2.31. The van der Waals surface area contributed by atoms with Gasteiger partial charge in [0.15, 0.2) is 11.4 Å². The van der Waals surface area contributed by atoms with Gasteiger partial charge in [0.2, 0.25) is 0 Å². The number of carbonyl (C=O) groups excluding carboxylic acids is 1. The van der Waals surface area contributed by atoms with Crippen LogP contribution in [0.3, 0.4) is 0 Å². The van der Waals surface area contributed by atoms with Gasteiger partial charge < -0.3 is 10.1 Å². The van der Waals surface area contributed by atoms with E-state index in [4.69, 9.17) is 4.98 Å². The molecule has 0 atom stereocenters. The van der Waals surface area contributed by atoms with E-state index in [0.717, 1.165) is 43.7 Å². The SMILES string of the molecule is C=C(C)C(=O)c1c[nH]c2ncc(-c3cccc(CN4CCC(CO)CC4)c3)nc12. The highest BCUT2D eigenvalue weighted by molar-refractivity contribution is 6.14. The van der Waals surface area contributed by atoms with Gasteiger partial charge in [-0.2, -0.15) is 0 Å². The lowest BCUT2D eigenvalue weighted by molar-refractivity contribution is 0.103. The first-order valence-electron chi connectivity index (χ1n) is 10.0. The van der Waals surface area contributed by atoms with Gasteiger partial charge in [0.25, 0.3) is 0 Å². The van der Waals surface area contributed by atoms with Gasteiger partial charge in [0.05, 0.1) is 17.5 Å². The van der Waals surface area contributed by atoms with Crippen molar-refractivity contribution in [2.24, 2.45) is 5.92 Å². The highest BCUT2D eigenvalue weighted by Gasteiger charge is 2.19. The number of hydrogen-bond donors (Lipinski definition) is 2. The van der Waals surface area contributed by atoms with Gasteiger partial charge >= 0.3 is 0 Å². The van der Waals surface area contributed by atoms with E-state index in [2.05, 4.69) is 33.6 Å². The van der Waals surface area contributed by atoms with E-state index in [-0.39, 0.29) is 5.78 Å². The Kier molecular flexibility index (Phi) is 5.56. The number of H-pyrrole nitrogens is 1. The molecule has 29 heavy (non-hydrogen) atoms. The Balaban J connectivity index is 1.58. The summed E-state index contributed by atoms with van der Waals surface area (Å²) in [5.41, 5.74) is 5.10. The van der Waals surface area contributed by atoms with Crippen molar-refractivity contribution in [2.75, 3.05) is 19.7 Å². The van der Waals surface area contributed by atoms with E-state index in [1.807, 2.05) is 12.1 Å². The maximum absolute atomic E-state index is 12.4. The molecule has 1 aliphatic heterocycles. The van der Waals surface area contributed by atoms with Crippen LogP contribution in [0.5, 0.6) is 0 Å². The fourth-order valence-corrected chi connectivity index (χ4v) is 3.85. The fourth-order valence-electron chi connectivity index (χ4n) is 3.85. The largest absolute Gasteiger partial charge is 0.396 e. The molecular weight excluding hydrogens is 364 g/mol. The Morgan fingerprint density at radius 1 is 1.34 bits per heavy atom. The second kappa shape index (κ2) is 8.27. The fraction of sp³-hybridized carbons (Fsp3) is 0.348. The van der Waals surface area contributed by atoms with Crippen LogP contribution in [0.4, 0.5) is 0 Å². The van der Waals surface area contributed by atoms with Gasteiger partial charge in [-0.25, -0.2) is 9.97 Å². The molecule has 3 aromatic rings. The molecule has 1 aromatic carbocycles. The third-order valence-corrected chi connectivity index (χ3v) is 5.61. The van der Waals surface area contributed by atoms with Gasteiger partial charge in [0.1, 0.15) is 5.52 Å². The number of allylic oxidation sites excluding steroid dienone is 1. The molecule has 1 saturated heterocycles. The number of aromatic nitrogens is 3. The number of benzene rings is 1. The van der Waals surface area contributed by atoms with Gasteiger partial charge in [-0.15, -0.1) is 0 Å². The smallest absolute Gasteiger partial charge is 0.191 e. The minimum absolute atomic E-state index is 0.122. The zero-order chi connectivity index (χ0) is 20.4. The first kappa shape index (κ1) is 19.5. The number of nitrogens with one attached hydrogen (secondary N) is 1. The average molecular weight is 390 g/mol. The van der Waals surface area contributed by atoms with Crippen molar-refractivity contribution >= 4 is 16.9 Å². The maximum Gasteiger partial charge on any atom is 0.191 e. The van der Waals surface area contributed by atoms with Crippen LogP contribution >= 0.6 is 0 Å². The average Bonchev–Trinajstić information content (AvgIpc) is 3.17. The lowest BCUT2D eigenvalue weighted by atomic mass is 9.97. The molecule has 1 fully saturated rings. The molecule has 6 nitrogen and oxygen atoms in total. The highest BCUT2D eigenvalue weighted by atomic mass is 16.3. The number of carbonyl (C=O) groups is 1. The summed E-state index contributed by atoms with van der Waals surface area (Å²) < 4.78 is 0. The molecule has 0 amide bonds. The van der Waals surface area contributed by atoms with Crippen LogP contribution in [-0.2, 0) is 6.54 Å². The number of hydrogen-bond acceptors (Lipinski definition) is 5. The molecular formula is C23H26N4O2. The number of rotatable bonds is 6. The van der Waals surface area contributed by atoms with Crippen molar-refractivity contribution in [1.82, 2.24) is 19.9 Å². The van der Waals surface area contributed by atoms with Gasteiger partial charge in [-0.1, -0.05) is 24.8 Å². The van der Waals surface area contributed by atoms with Crippen molar-refractivity contribution in [1.29, 1.82) is 0 Å². The van der Waals surface area contributed by atoms with E-state index in [1.54, 1.807) is 19.3 Å². The Labute approximate surface area is 170 Å². The summed E-state index contributed by atoms with van der Waals surface area (Å²) in [5, 5.41) is 9.31. The van der Waals surface area contributed by atoms with Crippen molar-refractivity contribution in [2.45, 2.75) is 26.3 Å². The van der Waals surface area contributed by atoms with E-state index in [9.17, 15) is 9.90 Å². The molecule has 6 heteroatoms. The molecule has 0 bridgehead atoms. The molecule has 0 radical (unpaired) electrons. The third-order valence-electron chi connectivity index (χ3n) is 5.61. The van der Waals surface area contributed by atoms with Gasteiger partial charge in [0, 0.05) is 24.9 Å². The van der Waals surface area contributed by atoms with E-state index < -0.39 is 0 Å². The Morgan fingerprint density at radius 2 is 2.14 bits per heavy atom. The van der Waals surface area contributed by atoms with Crippen molar-refractivity contribution < 1.29 is 9.90 Å². The summed E-state index contributed by atoms with van der Waals surface area (Å²) in [6.07, 6.45) is 5.48. The Morgan fingerprint density at radius 3 is 2.86 bits per heavy atom. The number of piperidine rings is 1. The molecule has 0 unspecified atom stereocenters. The van der Waals surface area contributed by atoms with Crippen LogP contribution in [0.2, 0.25) is 0 Å². The summed E-state index contributed by atoms with van der Waals surface area (Å²) in [5.74, 6) is 0.319. The minimum atomic E-state index is -0.122. The highest BCUT2D eigenvalue weighted by Crippen LogP contribution is 2.24. The lowest BCUT2D eigenvalue weighted by Crippen LogP contribution is -2.34. The number of likely N-dealkylation sites (tertiary alicyclic amines) is 1. The first-order valence-corrected chi connectivity index (χ1v) is 10.0. The topological polar surface area (TPSA) is 82.1 Å². The predicted molar refractivity (Wildman–Crippen MR) is 114 cm³/mol. The summed E-state index contributed by atoms with van der Waals surface area (Å²) >= 11 is 0. The Hall–Kier alpha value is -2.83. The number of nitrogens with zero attached hydrogens (tertiary/aromatic N) is 3. The second-order valence-electron chi connectivity index (χ2n) is 7.87. The summed E-state index contributed by atoms with van der Waals surface area (Å²) in [6.45, 7) is 8.64. The number of aliphatic hydroxyl groups excluding tert-OH is 1. The molecule has 0 aliphatic carbocycles. The quantitative estimate of drug-likeness (QED) is 0.497. The zero-order valence-electron chi connectivity index (χ0n) is 16.7. The number of aliphatic hydroxyl groups is 1. The van der Waals surface area contributed by atoms with Crippen LogP contribution in [0.25, 0.3) is 22.4 Å². The molecule has 2 N–H and O–H groups in total. The van der Waals surface area contributed by atoms with Crippen molar-refractivity contribution in [3.8, 4) is 11.3 Å². The van der Waals surface area contributed by atoms with Crippen molar-refractivity contribution in [3.63, 3.8) is 0 Å². The van der Waals surface area contributed by atoms with Crippen LogP contribution < -0.4 is 0 Å². The summed E-state index contributed by atoms with van der Waals surface area (Å²) in [7, 11) is 0. The molecule has 2 aromatic heterocycles. The predicted octanol–water partition coefficient (Wildman–Crippen LogP) is 3.59. The molecule has 1 aliphatic rings. The molecule has 0 spiro atoms. The maximum atomic E-state index is 12.4. The number of Topliss-reactive ketones (excluding diaryl/α,β-unsaturated/α-hetero) is 1. The second-order valence-corrected chi connectivity index (χ2v) is 7.87. The van der Waals surface area contributed by atoms with E-state index >= 15 is 0 Å². The number of fused-ring (bicyclic) bond motifs is 1. The molecule has 0 saturated carbocycles. The summed E-state index contributed by atoms with van der Waals surface area (Å²) in [4.78, 5) is 27.0. The van der Waals surface area contributed by atoms with Gasteiger partial charge in [-0.3, -0.25) is 9.69 Å². The van der Waals surface area contributed by atoms with Crippen LogP contribution in [0.1, 0.15) is 35.7 Å². The normalized spacial score (nSPS) is 15.7. The molecule has 4 rings (SSSR count). The number of ketones is 1. The van der Waals surface area contributed by atoms with Gasteiger partial charge in [-0.05, 0) is 56.0 Å². The van der Waals surface area contributed by atoms with E-state index in [1.165, 1.54) is 5.56 Å². The van der Waals surface area contributed by atoms with Crippen LogP contribution in [-0.4, -0.2) is 50.4 Å². The van der Waals surface area contributed by atoms with E-state index in [0.29, 0.717) is 34.8 Å².